The molecular formula is C12H15F2N3O2. The Labute approximate surface area is 109 Å². The van der Waals surface area contributed by atoms with Gasteiger partial charge < -0.3 is 10.6 Å². The number of anilines is 1. The summed E-state index contributed by atoms with van der Waals surface area (Å²) >= 11 is 0. The van der Waals surface area contributed by atoms with Gasteiger partial charge in [-0.1, -0.05) is 0 Å². The third-order valence-corrected chi connectivity index (χ3v) is 3.17. The van der Waals surface area contributed by atoms with Gasteiger partial charge in [0, 0.05) is 18.2 Å². The van der Waals surface area contributed by atoms with Gasteiger partial charge in [-0.2, -0.15) is 4.39 Å². The van der Waals surface area contributed by atoms with Crippen molar-refractivity contribution in [2.24, 2.45) is 0 Å². The quantitative estimate of drug-likeness (QED) is 0.654. The first kappa shape index (κ1) is 13.7. The number of benzene rings is 1. The number of halogens is 2. The molecule has 19 heavy (non-hydrogen) atoms. The lowest BCUT2D eigenvalue weighted by Crippen LogP contribution is -2.22. The Balaban J connectivity index is 2.19. The highest BCUT2D eigenvalue weighted by molar-refractivity contribution is 5.53. The highest BCUT2D eigenvalue weighted by atomic mass is 19.1. The highest BCUT2D eigenvalue weighted by Gasteiger charge is 2.20. The molecule has 0 radical (unpaired) electrons. The van der Waals surface area contributed by atoms with E-state index in [1.165, 1.54) is 0 Å². The smallest absolute Gasteiger partial charge is 0.307 e. The number of nitrogens with zero attached hydrogens (tertiary/aromatic N) is 1. The van der Waals surface area contributed by atoms with Gasteiger partial charge >= 0.3 is 5.69 Å². The van der Waals surface area contributed by atoms with Crippen molar-refractivity contribution in [2.75, 3.05) is 18.4 Å². The van der Waals surface area contributed by atoms with Crippen LogP contribution in [-0.2, 0) is 0 Å². The summed E-state index contributed by atoms with van der Waals surface area (Å²) in [4.78, 5) is 9.79. The molecule has 1 heterocycles. The van der Waals surface area contributed by atoms with E-state index in [0.29, 0.717) is 6.07 Å². The van der Waals surface area contributed by atoms with Crippen molar-refractivity contribution >= 4 is 11.4 Å². The van der Waals surface area contributed by atoms with Crippen molar-refractivity contribution in [3.63, 3.8) is 0 Å². The fourth-order valence-corrected chi connectivity index (χ4v) is 2.17. The number of nitrogens with one attached hydrogen (secondary N) is 2. The van der Waals surface area contributed by atoms with Crippen LogP contribution >= 0.6 is 0 Å². The average molecular weight is 271 g/mol. The van der Waals surface area contributed by atoms with Gasteiger partial charge in [-0.15, -0.1) is 0 Å². The molecule has 1 fully saturated rings. The molecule has 1 saturated heterocycles. The van der Waals surface area contributed by atoms with Crippen LogP contribution in [0.3, 0.4) is 0 Å². The van der Waals surface area contributed by atoms with Gasteiger partial charge in [0.05, 0.1) is 10.6 Å². The third kappa shape index (κ3) is 3.37. The van der Waals surface area contributed by atoms with E-state index in [-0.39, 0.29) is 11.7 Å². The van der Waals surface area contributed by atoms with Crippen LogP contribution in [0.25, 0.3) is 0 Å². The monoisotopic (exact) mass is 271 g/mol. The fraction of sp³-hybridized carbons (Fsp3) is 0.500. The number of hydrogen-bond donors (Lipinski definition) is 2. The van der Waals surface area contributed by atoms with Crippen LogP contribution in [-0.4, -0.2) is 24.1 Å². The van der Waals surface area contributed by atoms with Gasteiger partial charge in [0.1, 0.15) is 5.82 Å². The largest absolute Gasteiger partial charge is 0.380 e. The van der Waals surface area contributed by atoms with Gasteiger partial charge in [0.15, 0.2) is 0 Å². The van der Waals surface area contributed by atoms with Crippen LogP contribution in [0, 0.1) is 21.7 Å². The van der Waals surface area contributed by atoms with Crippen LogP contribution in [0.1, 0.15) is 19.3 Å². The zero-order chi connectivity index (χ0) is 13.8. The molecule has 2 rings (SSSR count). The van der Waals surface area contributed by atoms with E-state index in [2.05, 4.69) is 10.6 Å². The molecule has 1 aromatic rings. The standard InChI is InChI=1S/C12H15F2N3O2/c13-9-6-10(14)12(17(18)19)7-11(9)16-8-2-1-4-15-5-3-8/h6-8,15-16H,1-5H2. The second kappa shape index (κ2) is 5.92. The second-order valence-corrected chi connectivity index (χ2v) is 4.56. The summed E-state index contributed by atoms with van der Waals surface area (Å²) in [6, 6.07) is 1.51. The molecule has 0 spiro atoms. The molecule has 1 aliphatic rings. The van der Waals surface area contributed by atoms with E-state index in [0.717, 1.165) is 38.4 Å². The number of nitro groups is 1. The van der Waals surface area contributed by atoms with Crippen LogP contribution < -0.4 is 10.6 Å². The minimum absolute atomic E-state index is 0.0139. The summed E-state index contributed by atoms with van der Waals surface area (Å²) in [6.07, 6.45) is 2.59. The van der Waals surface area contributed by atoms with Crippen molar-refractivity contribution in [3.05, 3.63) is 33.9 Å². The Kier molecular flexibility index (Phi) is 4.26. The summed E-state index contributed by atoms with van der Waals surface area (Å²) in [5, 5.41) is 16.8. The Bertz CT molecular complexity index is 474. The molecule has 7 heteroatoms. The molecule has 0 saturated carbocycles. The van der Waals surface area contributed by atoms with Crippen molar-refractivity contribution in [1.82, 2.24) is 5.32 Å². The van der Waals surface area contributed by atoms with Crippen LogP contribution in [0.5, 0.6) is 0 Å². The molecule has 1 aromatic carbocycles. The van der Waals surface area contributed by atoms with E-state index in [9.17, 15) is 18.9 Å². The summed E-state index contributed by atoms with van der Waals surface area (Å²) < 4.78 is 26.8. The average Bonchev–Trinajstić information content (AvgIpc) is 2.60. The molecule has 0 aromatic heterocycles. The molecule has 1 atom stereocenters. The van der Waals surface area contributed by atoms with Crippen molar-refractivity contribution in [2.45, 2.75) is 25.3 Å². The van der Waals surface area contributed by atoms with Crippen molar-refractivity contribution in [1.29, 1.82) is 0 Å². The zero-order valence-electron chi connectivity index (χ0n) is 10.3. The van der Waals surface area contributed by atoms with Gasteiger partial charge in [0.25, 0.3) is 0 Å². The SMILES string of the molecule is O=[N+]([O-])c1cc(NC2CCCNCC2)c(F)cc1F. The molecule has 2 N–H and O–H groups in total. The summed E-state index contributed by atoms with van der Waals surface area (Å²) in [5.74, 6) is -1.96. The minimum atomic E-state index is -1.16. The van der Waals surface area contributed by atoms with Crippen LogP contribution in [0.4, 0.5) is 20.2 Å². The minimum Gasteiger partial charge on any atom is -0.380 e. The lowest BCUT2D eigenvalue weighted by molar-refractivity contribution is -0.387. The maximum absolute atomic E-state index is 13.6. The maximum Gasteiger partial charge on any atom is 0.307 e. The first-order valence-corrected chi connectivity index (χ1v) is 6.18. The lowest BCUT2D eigenvalue weighted by Gasteiger charge is -2.17. The summed E-state index contributed by atoms with van der Waals surface area (Å²) in [6.45, 7) is 1.72. The number of nitro benzene ring substituents is 1. The van der Waals surface area contributed by atoms with Crippen LogP contribution in [0.15, 0.2) is 12.1 Å². The summed E-state index contributed by atoms with van der Waals surface area (Å²) in [5.41, 5.74) is -0.726. The van der Waals surface area contributed by atoms with E-state index < -0.39 is 22.2 Å². The van der Waals surface area contributed by atoms with E-state index in [1.54, 1.807) is 0 Å². The first-order chi connectivity index (χ1) is 9.08. The van der Waals surface area contributed by atoms with Crippen molar-refractivity contribution < 1.29 is 13.7 Å². The Morgan fingerprint density at radius 2 is 2.05 bits per heavy atom. The Hall–Kier alpha value is -1.76. The van der Waals surface area contributed by atoms with Gasteiger partial charge in [-0.05, 0) is 32.4 Å². The molecule has 0 bridgehead atoms. The molecule has 1 unspecified atom stereocenters. The fourth-order valence-electron chi connectivity index (χ4n) is 2.17. The van der Waals surface area contributed by atoms with Gasteiger partial charge in [0.2, 0.25) is 5.82 Å². The van der Waals surface area contributed by atoms with E-state index >= 15 is 0 Å². The number of rotatable bonds is 3. The van der Waals surface area contributed by atoms with E-state index in [1.807, 2.05) is 0 Å². The molecule has 5 nitrogen and oxygen atoms in total. The topological polar surface area (TPSA) is 67.2 Å². The van der Waals surface area contributed by atoms with E-state index in [4.69, 9.17) is 0 Å². The Morgan fingerprint density at radius 1 is 1.26 bits per heavy atom. The molecule has 1 aliphatic heterocycles. The third-order valence-electron chi connectivity index (χ3n) is 3.17. The summed E-state index contributed by atoms with van der Waals surface area (Å²) in [7, 11) is 0. The Morgan fingerprint density at radius 3 is 2.79 bits per heavy atom. The number of hydrogen-bond acceptors (Lipinski definition) is 4. The van der Waals surface area contributed by atoms with Crippen molar-refractivity contribution in [3.8, 4) is 0 Å². The normalized spacial score (nSPS) is 19.8. The molecule has 104 valence electrons. The highest BCUT2D eigenvalue weighted by Crippen LogP contribution is 2.26. The zero-order valence-corrected chi connectivity index (χ0v) is 10.3. The van der Waals surface area contributed by atoms with Gasteiger partial charge in [-0.25, -0.2) is 4.39 Å². The maximum atomic E-state index is 13.6. The van der Waals surface area contributed by atoms with Gasteiger partial charge in [-0.3, -0.25) is 10.1 Å². The lowest BCUT2D eigenvalue weighted by atomic mass is 10.1. The predicted octanol–water partition coefficient (Wildman–Crippen LogP) is 2.43. The molecule has 0 aliphatic carbocycles. The van der Waals surface area contributed by atoms with Crippen LogP contribution in [0.2, 0.25) is 0 Å². The second-order valence-electron chi connectivity index (χ2n) is 4.56. The molecule has 0 amide bonds. The predicted molar refractivity (Wildman–Crippen MR) is 67.1 cm³/mol. The molecular weight excluding hydrogens is 256 g/mol. The first-order valence-electron chi connectivity index (χ1n) is 6.18.